The first-order valence-corrected chi connectivity index (χ1v) is 6.27. The molecule has 0 aliphatic heterocycles. The Morgan fingerprint density at radius 3 is 2.94 bits per heavy atom. The van der Waals surface area contributed by atoms with E-state index in [9.17, 15) is 0 Å². The normalized spacial score (nSPS) is 10.8. The van der Waals surface area contributed by atoms with Gasteiger partial charge in [0.25, 0.3) is 0 Å². The van der Waals surface area contributed by atoms with E-state index >= 15 is 0 Å². The van der Waals surface area contributed by atoms with Crippen LogP contribution in [0.1, 0.15) is 31.9 Å². The number of nitrogens with one attached hydrogen (secondary N) is 1. The molecule has 18 heavy (non-hydrogen) atoms. The van der Waals surface area contributed by atoms with Crippen LogP contribution in [-0.4, -0.2) is 26.1 Å². The van der Waals surface area contributed by atoms with Crippen LogP contribution in [0.25, 0.3) is 0 Å². The molecular weight excluding hydrogens is 226 g/mol. The molecule has 0 atom stereocenters. The van der Waals surface area contributed by atoms with Gasteiger partial charge in [0.05, 0.1) is 6.33 Å². The molecule has 2 heterocycles. The van der Waals surface area contributed by atoms with Gasteiger partial charge in [-0.1, -0.05) is 13.8 Å². The molecule has 0 bridgehead atoms. The number of hydrogen-bond donors (Lipinski definition) is 1. The Morgan fingerprint density at radius 2 is 2.22 bits per heavy atom. The summed E-state index contributed by atoms with van der Waals surface area (Å²) in [5, 5.41) is 3.32. The quantitative estimate of drug-likeness (QED) is 0.793. The molecule has 2 aromatic rings. The lowest BCUT2D eigenvalue weighted by Gasteiger charge is -2.08. The fourth-order valence-corrected chi connectivity index (χ4v) is 1.68. The van der Waals surface area contributed by atoms with E-state index in [1.165, 1.54) is 0 Å². The van der Waals surface area contributed by atoms with Crippen molar-refractivity contribution in [1.82, 2.24) is 19.5 Å². The molecule has 0 spiro atoms. The first-order chi connectivity index (χ1) is 8.75. The summed E-state index contributed by atoms with van der Waals surface area (Å²) in [6.45, 7) is 6.12. The largest absolute Gasteiger partial charge is 0.370 e. The summed E-state index contributed by atoms with van der Waals surface area (Å²) in [5.41, 5.74) is 1.07. The molecule has 0 amide bonds. The van der Waals surface area contributed by atoms with Crippen molar-refractivity contribution >= 4 is 5.82 Å². The number of nitrogens with zero attached hydrogens (tertiary/aromatic N) is 4. The standard InChI is InChI=1S/C13H19N5/c1-11(2)12-8-13(17-9-16-12)15-4-3-6-18-7-5-14-10-18/h5,7-11H,3-4,6H2,1-2H3,(H,15,16,17). The van der Waals surface area contributed by atoms with Crippen molar-refractivity contribution in [2.24, 2.45) is 0 Å². The zero-order chi connectivity index (χ0) is 12.8. The molecule has 0 aliphatic rings. The van der Waals surface area contributed by atoms with E-state index in [1.807, 2.05) is 18.6 Å². The molecule has 0 unspecified atom stereocenters. The van der Waals surface area contributed by atoms with Crippen molar-refractivity contribution in [3.05, 3.63) is 36.8 Å². The maximum absolute atomic E-state index is 4.24. The summed E-state index contributed by atoms with van der Waals surface area (Å²) in [6, 6.07) is 2.02. The third-order valence-corrected chi connectivity index (χ3v) is 2.74. The molecule has 5 heteroatoms. The Labute approximate surface area is 107 Å². The van der Waals surface area contributed by atoms with Gasteiger partial charge in [-0.2, -0.15) is 0 Å². The van der Waals surface area contributed by atoms with Gasteiger partial charge in [-0.05, 0) is 12.3 Å². The van der Waals surface area contributed by atoms with Gasteiger partial charge in [0, 0.05) is 37.2 Å². The Bertz CT molecular complexity index is 464. The highest BCUT2D eigenvalue weighted by atomic mass is 15.0. The molecular formula is C13H19N5. The second-order valence-electron chi connectivity index (χ2n) is 4.56. The lowest BCUT2D eigenvalue weighted by Crippen LogP contribution is -2.07. The minimum Gasteiger partial charge on any atom is -0.370 e. The highest BCUT2D eigenvalue weighted by Gasteiger charge is 2.02. The van der Waals surface area contributed by atoms with Crippen molar-refractivity contribution in [2.75, 3.05) is 11.9 Å². The predicted molar refractivity (Wildman–Crippen MR) is 71.5 cm³/mol. The van der Waals surface area contributed by atoms with Gasteiger partial charge in [0.2, 0.25) is 0 Å². The maximum Gasteiger partial charge on any atom is 0.129 e. The molecule has 2 aromatic heterocycles. The van der Waals surface area contributed by atoms with E-state index in [4.69, 9.17) is 0 Å². The fourth-order valence-electron chi connectivity index (χ4n) is 1.68. The Morgan fingerprint density at radius 1 is 1.33 bits per heavy atom. The summed E-state index contributed by atoms with van der Waals surface area (Å²) < 4.78 is 2.07. The van der Waals surface area contributed by atoms with Gasteiger partial charge >= 0.3 is 0 Å². The minimum atomic E-state index is 0.430. The summed E-state index contributed by atoms with van der Waals surface area (Å²) in [7, 11) is 0. The summed E-state index contributed by atoms with van der Waals surface area (Å²) in [5.74, 6) is 1.33. The van der Waals surface area contributed by atoms with Gasteiger partial charge in [0.15, 0.2) is 0 Å². The molecule has 2 rings (SSSR count). The molecule has 5 nitrogen and oxygen atoms in total. The zero-order valence-corrected chi connectivity index (χ0v) is 10.9. The van der Waals surface area contributed by atoms with Crippen molar-refractivity contribution in [2.45, 2.75) is 32.7 Å². The Kier molecular flexibility index (Phi) is 4.28. The molecule has 0 radical (unpaired) electrons. The molecule has 96 valence electrons. The van der Waals surface area contributed by atoms with Crippen LogP contribution in [0.4, 0.5) is 5.82 Å². The van der Waals surface area contributed by atoms with Crippen molar-refractivity contribution in [3.8, 4) is 0 Å². The number of anilines is 1. The minimum absolute atomic E-state index is 0.430. The second kappa shape index (κ2) is 6.14. The SMILES string of the molecule is CC(C)c1cc(NCCCn2ccnc2)ncn1. The second-order valence-corrected chi connectivity index (χ2v) is 4.56. The highest BCUT2D eigenvalue weighted by molar-refractivity contribution is 5.35. The molecule has 1 N–H and O–H groups in total. The average molecular weight is 245 g/mol. The summed E-state index contributed by atoms with van der Waals surface area (Å²) >= 11 is 0. The monoisotopic (exact) mass is 245 g/mol. The fraction of sp³-hybridized carbons (Fsp3) is 0.462. The van der Waals surface area contributed by atoms with Crippen molar-refractivity contribution < 1.29 is 0 Å². The summed E-state index contributed by atoms with van der Waals surface area (Å²) in [4.78, 5) is 12.5. The number of rotatable bonds is 6. The smallest absolute Gasteiger partial charge is 0.129 e. The molecule has 0 aromatic carbocycles. The van der Waals surface area contributed by atoms with E-state index < -0.39 is 0 Å². The predicted octanol–water partition coefficient (Wildman–Crippen LogP) is 2.30. The van der Waals surface area contributed by atoms with Gasteiger partial charge in [-0.15, -0.1) is 0 Å². The average Bonchev–Trinajstić information content (AvgIpc) is 2.88. The van der Waals surface area contributed by atoms with E-state index in [0.29, 0.717) is 5.92 Å². The molecule has 0 saturated heterocycles. The molecule has 0 aliphatic carbocycles. The van der Waals surface area contributed by atoms with Crippen LogP contribution in [0.3, 0.4) is 0 Å². The zero-order valence-electron chi connectivity index (χ0n) is 10.9. The van der Waals surface area contributed by atoms with Crippen molar-refractivity contribution in [3.63, 3.8) is 0 Å². The Hall–Kier alpha value is -1.91. The summed E-state index contributed by atoms with van der Waals surface area (Å²) in [6.07, 6.45) is 8.26. The third kappa shape index (κ3) is 3.55. The number of hydrogen-bond acceptors (Lipinski definition) is 4. The lowest BCUT2D eigenvalue weighted by atomic mass is 10.1. The van der Waals surface area contributed by atoms with E-state index in [0.717, 1.165) is 31.0 Å². The van der Waals surface area contributed by atoms with Gasteiger partial charge < -0.3 is 9.88 Å². The number of imidazole rings is 1. The van der Waals surface area contributed by atoms with E-state index in [1.54, 1.807) is 12.5 Å². The van der Waals surface area contributed by atoms with E-state index in [-0.39, 0.29) is 0 Å². The van der Waals surface area contributed by atoms with Crippen molar-refractivity contribution in [1.29, 1.82) is 0 Å². The highest BCUT2D eigenvalue weighted by Crippen LogP contribution is 2.13. The molecule has 0 saturated carbocycles. The topological polar surface area (TPSA) is 55.6 Å². The van der Waals surface area contributed by atoms with Crippen LogP contribution in [0.2, 0.25) is 0 Å². The van der Waals surface area contributed by atoms with Crippen LogP contribution in [0.15, 0.2) is 31.1 Å². The molecule has 0 fully saturated rings. The van der Waals surface area contributed by atoms with E-state index in [2.05, 4.69) is 38.7 Å². The van der Waals surface area contributed by atoms with Gasteiger partial charge in [-0.25, -0.2) is 15.0 Å². The van der Waals surface area contributed by atoms with Crippen LogP contribution >= 0.6 is 0 Å². The number of aryl methyl sites for hydroxylation is 1. The van der Waals surface area contributed by atoms with Crippen LogP contribution in [-0.2, 0) is 6.54 Å². The first kappa shape index (κ1) is 12.5. The van der Waals surface area contributed by atoms with Crippen LogP contribution in [0.5, 0.6) is 0 Å². The Balaban J connectivity index is 1.78. The lowest BCUT2D eigenvalue weighted by molar-refractivity contribution is 0.660. The van der Waals surface area contributed by atoms with Crippen LogP contribution < -0.4 is 5.32 Å². The number of aromatic nitrogens is 4. The van der Waals surface area contributed by atoms with Gasteiger partial charge in [0.1, 0.15) is 12.1 Å². The third-order valence-electron chi connectivity index (χ3n) is 2.74. The van der Waals surface area contributed by atoms with Crippen LogP contribution in [0, 0.1) is 0 Å². The maximum atomic E-state index is 4.24. The first-order valence-electron chi connectivity index (χ1n) is 6.27. The van der Waals surface area contributed by atoms with Gasteiger partial charge in [-0.3, -0.25) is 0 Å².